The second kappa shape index (κ2) is 7.34. The summed E-state index contributed by atoms with van der Waals surface area (Å²) in [6, 6.07) is 7.54. The van der Waals surface area contributed by atoms with Crippen LogP contribution in [0.25, 0.3) is 22.6 Å². The molecule has 1 fully saturated rings. The number of aromatic amines is 1. The van der Waals surface area contributed by atoms with Gasteiger partial charge in [-0.05, 0) is 24.8 Å². The monoisotopic (exact) mass is 453 g/mol. The van der Waals surface area contributed by atoms with Crippen LogP contribution in [0.4, 0.5) is 0 Å². The van der Waals surface area contributed by atoms with Crippen LogP contribution in [0, 0.1) is 0 Å². The number of nitrogens with zero attached hydrogens (tertiary/aromatic N) is 6. The van der Waals surface area contributed by atoms with Crippen molar-refractivity contribution in [2.45, 2.75) is 31.2 Å². The highest BCUT2D eigenvalue weighted by Gasteiger charge is 2.42. The highest BCUT2D eigenvalue weighted by atomic mass is 16.4. The summed E-state index contributed by atoms with van der Waals surface area (Å²) < 4.78 is 12.1. The maximum absolute atomic E-state index is 13.7. The third-order valence-electron chi connectivity index (χ3n) is 6.47. The molecule has 1 amide bonds. The van der Waals surface area contributed by atoms with E-state index in [1.807, 2.05) is 18.2 Å². The minimum atomic E-state index is -0.489. The molecule has 1 aromatic carbocycles. The number of rotatable bonds is 4. The van der Waals surface area contributed by atoms with Crippen LogP contribution in [0.15, 0.2) is 58.0 Å². The maximum atomic E-state index is 13.7. The molecule has 10 nitrogen and oxygen atoms in total. The van der Waals surface area contributed by atoms with Crippen molar-refractivity contribution in [2.75, 3.05) is 6.54 Å². The van der Waals surface area contributed by atoms with Gasteiger partial charge in [-0.1, -0.05) is 18.2 Å². The van der Waals surface area contributed by atoms with Gasteiger partial charge in [0.05, 0.1) is 18.2 Å². The zero-order chi connectivity index (χ0) is 22.6. The van der Waals surface area contributed by atoms with Gasteiger partial charge in [0.1, 0.15) is 23.1 Å². The van der Waals surface area contributed by atoms with Crippen molar-refractivity contribution in [1.82, 2.24) is 35.0 Å². The smallest absolute Gasteiger partial charge is 0.312 e. The molecular weight excluding hydrogens is 434 g/mol. The van der Waals surface area contributed by atoms with E-state index >= 15 is 0 Å². The van der Waals surface area contributed by atoms with Crippen LogP contribution >= 0.6 is 0 Å². The Bertz CT molecular complexity index is 1520. The summed E-state index contributed by atoms with van der Waals surface area (Å²) in [7, 11) is 0. The molecule has 1 aliphatic heterocycles. The van der Waals surface area contributed by atoms with Crippen LogP contribution in [0.2, 0.25) is 0 Å². The first-order valence-electron chi connectivity index (χ1n) is 11.2. The summed E-state index contributed by atoms with van der Waals surface area (Å²) in [4.78, 5) is 31.4. The molecule has 0 bridgehead atoms. The average Bonchev–Trinajstić information content (AvgIpc) is 3.27. The Morgan fingerprint density at radius 3 is 2.85 bits per heavy atom. The average molecular weight is 453 g/mol. The minimum absolute atomic E-state index is 0.103. The van der Waals surface area contributed by atoms with Gasteiger partial charge in [-0.3, -0.25) is 9.78 Å². The molecule has 4 aromatic heterocycles. The molecule has 34 heavy (non-hydrogen) atoms. The van der Waals surface area contributed by atoms with Crippen LogP contribution in [-0.2, 0) is 6.42 Å². The fraction of sp³-hybridized carbons (Fsp3) is 0.250. The second-order valence-corrected chi connectivity index (χ2v) is 8.57. The van der Waals surface area contributed by atoms with E-state index in [1.54, 1.807) is 17.4 Å². The van der Waals surface area contributed by atoms with Crippen molar-refractivity contribution in [1.29, 1.82) is 0 Å². The first-order chi connectivity index (χ1) is 16.8. The predicted molar refractivity (Wildman–Crippen MR) is 119 cm³/mol. The maximum Gasteiger partial charge on any atom is 0.312 e. The normalized spacial score (nSPS) is 17.8. The van der Waals surface area contributed by atoms with E-state index < -0.39 is 6.04 Å². The summed E-state index contributed by atoms with van der Waals surface area (Å²) in [6.45, 7) is 0.461. The van der Waals surface area contributed by atoms with Crippen molar-refractivity contribution in [2.24, 2.45) is 0 Å². The van der Waals surface area contributed by atoms with Crippen molar-refractivity contribution >= 4 is 16.9 Å². The fourth-order valence-electron chi connectivity index (χ4n) is 4.79. The number of benzene rings is 1. The quantitative estimate of drug-likeness (QED) is 0.437. The summed E-state index contributed by atoms with van der Waals surface area (Å²) in [5.74, 6) is 0.857. The molecular formula is C24H19N7O3. The molecule has 1 aliphatic carbocycles. The SMILES string of the molecule is O=C(c1nnc(-c2cnccn2)o1)N1CCc2[nH]cnc2[C@H]1c1oc2ccccc2c1C1CC1. The van der Waals surface area contributed by atoms with Crippen molar-refractivity contribution in [3.05, 3.63) is 77.8 Å². The van der Waals surface area contributed by atoms with Gasteiger partial charge in [0, 0.05) is 42.0 Å². The number of furan rings is 1. The number of para-hydroxylation sites is 1. The van der Waals surface area contributed by atoms with E-state index in [9.17, 15) is 4.79 Å². The summed E-state index contributed by atoms with van der Waals surface area (Å²) in [6.07, 6.45) is 9.12. The summed E-state index contributed by atoms with van der Waals surface area (Å²) in [5, 5.41) is 9.13. The lowest BCUT2D eigenvalue weighted by Crippen LogP contribution is -2.41. The molecule has 7 rings (SSSR count). The Kier molecular flexibility index (Phi) is 4.14. The molecule has 0 unspecified atom stereocenters. The van der Waals surface area contributed by atoms with Crippen LogP contribution < -0.4 is 0 Å². The molecule has 168 valence electrons. The molecule has 5 aromatic rings. The van der Waals surface area contributed by atoms with Gasteiger partial charge in [0.2, 0.25) is 0 Å². The lowest BCUT2D eigenvalue weighted by molar-refractivity contribution is 0.0631. The molecule has 2 aliphatic rings. The Morgan fingerprint density at radius 1 is 1.09 bits per heavy atom. The van der Waals surface area contributed by atoms with Crippen LogP contribution in [0.1, 0.15) is 58.2 Å². The first-order valence-corrected chi connectivity index (χ1v) is 11.2. The highest BCUT2D eigenvalue weighted by molar-refractivity contribution is 5.91. The second-order valence-electron chi connectivity index (χ2n) is 8.57. The van der Waals surface area contributed by atoms with E-state index in [0.29, 0.717) is 24.6 Å². The zero-order valence-electron chi connectivity index (χ0n) is 18.0. The molecule has 0 saturated heterocycles. The molecule has 1 N–H and O–H groups in total. The van der Waals surface area contributed by atoms with E-state index in [-0.39, 0.29) is 17.7 Å². The van der Waals surface area contributed by atoms with Crippen molar-refractivity contribution < 1.29 is 13.6 Å². The molecule has 5 heterocycles. The zero-order valence-corrected chi connectivity index (χ0v) is 18.0. The van der Waals surface area contributed by atoms with Gasteiger partial charge in [-0.25, -0.2) is 9.97 Å². The standard InChI is InChI=1S/C24H19N7O3/c32-24(23-30-29-22(34-23)16-11-25-8-9-26-16)31-10-7-15-19(28-12-27-15)20(31)21-18(13-5-6-13)14-3-1-2-4-17(14)33-21/h1-4,8-9,11-13,20H,5-7,10H2,(H,27,28)/t20-/m0/s1. The van der Waals surface area contributed by atoms with Gasteiger partial charge >= 0.3 is 11.8 Å². The topological polar surface area (TPSA) is 127 Å². The highest BCUT2D eigenvalue weighted by Crippen LogP contribution is 2.50. The minimum Gasteiger partial charge on any atom is -0.458 e. The lowest BCUT2D eigenvalue weighted by atomic mass is 9.95. The van der Waals surface area contributed by atoms with Gasteiger partial charge in [-0.2, -0.15) is 0 Å². The number of amides is 1. The van der Waals surface area contributed by atoms with Gasteiger partial charge in [0.15, 0.2) is 0 Å². The molecule has 1 atom stereocenters. The van der Waals surface area contributed by atoms with Crippen LogP contribution in [-0.4, -0.2) is 47.5 Å². The van der Waals surface area contributed by atoms with Crippen molar-refractivity contribution in [3.8, 4) is 11.6 Å². The van der Waals surface area contributed by atoms with E-state index in [2.05, 4.69) is 36.2 Å². The number of fused-ring (bicyclic) bond motifs is 2. The van der Waals surface area contributed by atoms with Crippen LogP contribution in [0.3, 0.4) is 0 Å². The Labute approximate surface area is 193 Å². The molecule has 0 spiro atoms. The fourth-order valence-corrected chi connectivity index (χ4v) is 4.79. The van der Waals surface area contributed by atoms with Gasteiger partial charge < -0.3 is 18.7 Å². The van der Waals surface area contributed by atoms with E-state index in [1.165, 1.54) is 18.0 Å². The first kappa shape index (κ1) is 19.2. The predicted octanol–water partition coefficient (Wildman–Crippen LogP) is 3.66. The number of hydrogen-bond acceptors (Lipinski definition) is 8. The van der Waals surface area contributed by atoms with Crippen LogP contribution in [0.5, 0.6) is 0 Å². The number of carbonyl (C=O) groups excluding carboxylic acids is 1. The van der Waals surface area contributed by atoms with E-state index in [4.69, 9.17) is 8.83 Å². The summed E-state index contributed by atoms with van der Waals surface area (Å²) >= 11 is 0. The number of carbonyl (C=O) groups is 1. The Balaban J connectivity index is 1.34. The van der Waals surface area contributed by atoms with Gasteiger partial charge in [-0.15, -0.1) is 10.2 Å². The number of hydrogen-bond donors (Lipinski definition) is 1. The third kappa shape index (κ3) is 2.95. The summed E-state index contributed by atoms with van der Waals surface area (Å²) in [5.41, 5.74) is 4.18. The van der Waals surface area contributed by atoms with Gasteiger partial charge in [0.25, 0.3) is 5.89 Å². The van der Waals surface area contributed by atoms with Crippen molar-refractivity contribution in [3.63, 3.8) is 0 Å². The number of H-pyrrole nitrogens is 1. The third-order valence-corrected chi connectivity index (χ3v) is 6.47. The molecule has 0 radical (unpaired) electrons. The number of aromatic nitrogens is 6. The molecule has 10 heteroatoms. The Morgan fingerprint density at radius 2 is 2.00 bits per heavy atom. The molecule has 1 saturated carbocycles. The Hall–Kier alpha value is -4.34. The number of imidazole rings is 1. The van der Waals surface area contributed by atoms with E-state index in [0.717, 1.165) is 41.0 Å². The number of nitrogens with one attached hydrogen (secondary N) is 1. The lowest BCUT2D eigenvalue weighted by Gasteiger charge is -2.33. The largest absolute Gasteiger partial charge is 0.458 e.